The quantitative estimate of drug-likeness (QED) is 0.477. The Kier molecular flexibility index (Phi) is 9.84. The van der Waals surface area contributed by atoms with Crippen molar-refractivity contribution in [1.29, 1.82) is 0 Å². The molecule has 3 rings (SSSR count). The predicted octanol–water partition coefficient (Wildman–Crippen LogP) is 4.29. The van der Waals surface area contributed by atoms with Crippen LogP contribution in [0.2, 0.25) is 5.02 Å². The Labute approximate surface area is 225 Å². The van der Waals surface area contributed by atoms with E-state index in [1.165, 1.54) is 11.0 Å². The molecule has 202 valence electrons. The van der Waals surface area contributed by atoms with Crippen molar-refractivity contribution in [3.8, 4) is 5.75 Å². The lowest BCUT2D eigenvalue weighted by Gasteiger charge is -2.33. The second-order valence-electron chi connectivity index (χ2n) is 9.59. The Bertz CT molecular complexity index is 1200. The summed E-state index contributed by atoms with van der Waals surface area (Å²) in [7, 11) is -2.26. The van der Waals surface area contributed by atoms with Gasteiger partial charge < -0.3 is 15.0 Å². The minimum absolute atomic E-state index is 0.0864. The fourth-order valence-electron chi connectivity index (χ4n) is 4.52. The van der Waals surface area contributed by atoms with Crippen LogP contribution < -0.4 is 14.4 Å². The summed E-state index contributed by atoms with van der Waals surface area (Å²) in [5.74, 6) is -0.0742. The lowest BCUT2D eigenvalue weighted by atomic mass is 9.95. The first-order valence-electron chi connectivity index (χ1n) is 12.5. The highest BCUT2D eigenvalue weighted by Gasteiger charge is 2.31. The number of amides is 2. The third-order valence-corrected chi connectivity index (χ3v) is 8.11. The molecule has 1 aliphatic rings. The van der Waals surface area contributed by atoms with E-state index in [1.807, 2.05) is 12.1 Å². The largest absolute Gasteiger partial charge is 0.497 e. The van der Waals surface area contributed by atoms with Crippen LogP contribution in [0.5, 0.6) is 5.75 Å². The molecule has 0 radical (unpaired) electrons. The molecule has 1 atom stereocenters. The molecule has 2 aromatic rings. The molecule has 8 nitrogen and oxygen atoms in total. The molecular formula is C27H36ClN3O5S. The molecule has 1 N–H and O–H groups in total. The fourth-order valence-corrected chi connectivity index (χ4v) is 5.59. The summed E-state index contributed by atoms with van der Waals surface area (Å²) in [6, 6.07) is 11.4. The number of ether oxygens (including phenoxy) is 1. The molecule has 2 amide bonds. The van der Waals surface area contributed by atoms with E-state index in [1.54, 1.807) is 45.2 Å². The number of rotatable bonds is 10. The number of nitrogens with one attached hydrogen (secondary N) is 1. The number of carbonyl (C=O) groups is 2. The lowest BCUT2D eigenvalue weighted by molar-refractivity contribution is -0.139. The highest BCUT2D eigenvalue weighted by Crippen LogP contribution is 2.27. The van der Waals surface area contributed by atoms with Crippen LogP contribution in [0.3, 0.4) is 0 Å². The average Bonchev–Trinajstić information content (AvgIpc) is 2.87. The van der Waals surface area contributed by atoms with Crippen LogP contribution in [0.4, 0.5) is 5.69 Å². The van der Waals surface area contributed by atoms with Crippen LogP contribution in [-0.4, -0.2) is 57.1 Å². The van der Waals surface area contributed by atoms with Gasteiger partial charge in [-0.3, -0.25) is 13.9 Å². The molecule has 1 fully saturated rings. The second kappa shape index (κ2) is 12.6. The molecule has 0 spiro atoms. The van der Waals surface area contributed by atoms with Crippen LogP contribution in [-0.2, 0) is 26.2 Å². The first kappa shape index (κ1) is 28.8. The fraction of sp³-hybridized carbons (Fsp3) is 0.481. The normalized spacial score (nSPS) is 15.1. The van der Waals surface area contributed by atoms with E-state index in [-0.39, 0.29) is 18.5 Å². The molecule has 0 bridgehead atoms. The maximum absolute atomic E-state index is 13.7. The summed E-state index contributed by atoms with van der Waals surface area (Å²) < 4.78 is 31.8. The maximum Gasteiger partial charge on any atom is 0.244 e. The summed E-state index contributed by atoms with van der Waals surface area (Å²) in [4.78, 5) is 28.4. The molecular weight excluding hydrogens is 514 g/mol. The standard InChI is InChI=1S/C27H36ClN3O5S/c1-19-10-13-22(28)16-25(19)31(37(4,34)35)18-26(32)30(17-21-11-14-24(36-3)15-12-21)20(2)27(33)29-23-8-6-5-7-9-23/h10-16,20,23H,5-9,17-18H2,1-4H3,(H,29,33). The molecule has 10 heteroatoms. The van der Waals surface area contributed by atoms with Crippen LogP contribution in [0.1, 0.15) is 50.2 Å². The smallest absolute Gasteiger partial charge is 0.244 e. The Morgan fingerprint density at radius 1 is 1.11 bits per heavy atom. The predicted molar refractivity (Wildman–Crippen MR) is 146 cm³/mol. The number of benzene rings is 2. The molecule has 2 aromatic carbocycles. The number of halogens is 1. The van der Waals surface area contributed by atoms with Crippen LogP contribution in [0, 0.1) is 6.92 Å². The van der Waals surface area contributed by atoms with Crippen molar-refractivity contribution in [2.75, 3.05) is 24.2 Å². The first-order valence-corrected chi connectivity index (χ1v) is 14.7. The van der Waals surface area contributed by atoms with E-state index < -0.39 is 28.5 Å². The zero-order valence-corrected chi connectivity index (χ0v) is 23.4. The van der Waals surface area contributed by atoms with Crippen molar-refractivity contribution in [3.05, 3.63) is 58.6 Å². The second-order valence-corrected chi connectivity index (χ2v) is 11.9. The molecule has 0 aromatic heterocycles. The van der Waals surface area contributed by atoms with Gasteiger partial charge in [-0.15, -0.1) is 0 Å². The highest BCUT2D eigenvalue weighted by atomic mass is 35.5. The average molecular weight is 550 g/mol. The summed E-state index contributed by atoms with van der Waals surface area (Å²) in [5, 5.41) is 3.45. The van der Waals surface area contributed by atoms with Gasteiger partial charge in [0, 0.05) is 17.6 Å². The van der Waals surface area contributed by atoms with Crippen molar-refractivity contribution < 1.29 is 22.7 Å². The van der Waals surface area contributed by atoms with Gasteiger partial charge in [0.2, 0.25) is 21.8 Å². The number of aryl methyl sites for hydroxylation is 1. The van der Waals surface area contributed by atoms with Crippen molar-refractivity contribution in [3.63, 3.8) is 0 Å². The van der Waals surface area contributed by atoms with Gasteiger partial charge in [-0.1, -0.05) is 49.1 Å². The van der Waals surface area contributed by atoms with E-state index in [0.29, 0.717) is 22.0 Å². The summed E-state index contributed by atoms with van der Waals surface area (Å²) in [6.45, 7) is 3.10. The SMILES string of the molecule is COc1ccc(CN(C(=O)CN(c2cc(Cl)ccc2C)S(C)(=O)=O)C(C)C(=O)NC2CCCCC2)cc1. The Hall–Kier alpha value is -2.78. The zero-order chi connectivity index (χ0) is 27.2. The van der Waals surface area contributed by atoms with Crippen molar-refractivity contribution in [1.82, 2.24) is 10.2 Å². The monoisotopic (exact) mass is 549 g/mol. The molecule has 1 aliphatic carbocycles. The number of nitrogens with zero attached hydrogens (tertiary/aromatic N) is 2. The van der Waals surface area contributed by atoms with Gasteiger partial charge in [0.15, 0.2) is 0 Å². The van der Waals surface area contributed by atoms with Crippen molar-refractivity contribution >= 4 is 39.1 Å². The first-order chi connectivity index (χ1) is 17.5. The number of methoxy groups -OCH3 is 1. The van der Waals surface area contributed by atoms with Gasteiger partial charge in [-0.25, -0.2) is 8.42 Å². The van der Waals surface area contributed by atoms with E-state index >= 15 is 0 Å². The van der Waals surface area contributed by atoms with Gasteiger partial charge in [-0.05, 0) is 62.1 Å². The van der Waals surface area contributed by atoms with Crippen LogP contribution >= 0.6 is 11.6 Å². The van der Waals surface area contributed by atoms with Gasteiger partial charge in [0.05, 0.1) is 19.1 Å². The number of hydrogen-bond donors (Lipinski definition) is 1. The van der Waals surface area contributed by atoms with Crippen molar-refractivity contribution in [2.45, 2.75) is 64.6 Å². The number of anilines is 1. The van der Waals surface area contributed by atoms with Crippen LogP contribution in [0.25, 0.3) is 0 Å². The van der Waals surface area contributed by atoms with Crippen molar-refractivity contribution in [2.24, 2.45) is 0 Å². The Morgan fingerprint density at radius 2 is 1.76 bits per heavy atom. The molecule has 1 saturated carbocycles. The van der Waals surface area contributed by atoms with Gasteiger partial charge in [0.25, 0.3) is 0 Å². The number of carbonyl (C=O) groups excluding carboxylic acids is 2. The van der Waals surface area contributed by atoms with Crippen LogP contribution in [0.15, 0.2) is 42.5 Å². The molecule has 0 saturated heterocycles. The third-order valence-electron chi connectivity index (χ3n) is 6.75. The highest BCUT2D eigenvalue weighted by molar-refractivity contribution is 7.92. The van der Waals surface area contributed by atoms with E-state index in [2.05, 4.69) is 5.32 Å². The molecule has 0 aliphatic heterocycles. The Morgan fingerprint density at radius 3 is 2.35 bits per heavy atom. The molecule has 37 heavy (non-hydrogen) atoms. The van der Waals surface area contributed by atoms with Gasteiger partial charge >= 0.3 is 0 Å². The maximum atomic E-state index is 13.7. The van der Waals surface area contributed by atoms with E-state index in [0.717, 1.165) is 48.2 Å². The topological polar surface area (TPSA) is 96.0 Å². The number of hydrogen-bond acceptors (Lipinski definition) is 5. The Balaban J connectivity index is 1.90. The number of sulfonamides is 1. The molecule has 1 unspecified atom stereocenters. The summed E-state index contributed by atoms with van der Waals surface area (Å²) in [6.07, 6.45) is 6.18. The van der Waals surface area contributed by atoms with Gasteiger partial charge in [0.1, 0.15) is 18.3 Å². The molecule has 0 heterocycles. The van der Waals surface area contributed by atoms with E-state index in [4.69, 9.17) is 16.3 Å². The lowest BCUT2D eigenvalue weighted by Crippen LogP contribution is -2.53. The third kappa shape index (κ3) is 7.85. The summed E-state index contributed by atoms with van der Waals surface area (Å²) >= 11 is 6.15. The minimum atomic E-state index is -3.83. The van der Waals surface area contributed by atoms with E-state index in [9.17, 15) is 18.0 Å². The zero-order valence-electron chi connectivity index (χ0n) is 21.9. The van der Waals surface area contributed by atoms with Gasteiger partial charge in [-0.2, -0.15) is 0 Å². The summed E-state index contributed by atoms with van der Waals surface area (Å²) in [5.41, 5.74) is 1.77. The minimum Gasteiger partial charge on any atom is -0.497 e.